The standard InChI is InChI=1S/C17H23FN6/c1-9-10-5-4-6-12(10)20-16-14(9)15(19-2)22-17(23-16)21-13-8-24(3)7-11(13)18/h11,13H,4-8H2,1-3H3,(H2,19,20,21,22,23). The molecule has 6 nitrogen and oxygen atoms in total. The first kappa shape index (κ1) is 15.5. The summed E-state index contributed by atoms with van der Waals surface area (Å²) >= 11 is 0. The zero-order valence-electron chi connectivity index (χ0n) is 14.4. The van der Waals surface area contributed by atoms with Crippen molar-refractivity contribution >= 4 is 22.8 Å². The topological polar surface area (TPSA) is 66.0 Å². The normalized spacial score (nSPS) is 23.7. The Morgan fingerprint density at radius 3 is 2.71 bits per heavy atom. The van der Waals surface area contributed by atoms with Crippen molar-refractivity contribution in [3.05, 3.63) is 16.8 Å². The van der Waals surface area contributed by atoms with Crippen LogP contribution in [0.15, 0.2) is 0 Å². The molecule has 2 aromatic rings. The molecule has 4 rings (SSSR count). The van der Waals surface area contributed by atoms with Crippen molar-refractivity contribution in [1.29, 1.82) is 0 Å². The lowest BCUT2D eigenvalue weighted by atomic mass is 10.1. The summed E-state index contributed by atoms with van der Waals surface area (Å²) in [4.78, 5) is 15.9. The molecule has 0 aromatic carbocycles. The Kier molecular flexibility index (Phi) is 3.75. The maximum absolute atomic E-state index is 14.1. The van der Waals surface area contributed by atoms with Gasteiger partial charge in [0.25, 0.3) is 0 Å². The minimum atomic E-state index is -0.915. The predicted octanol–water partition coefficient (Wildman–Crippen LogP) is 1.93. The van der Waals surface area contributed by atoms with Gasteiger partial charge in [0.1, 0.15) is 12.0 Å². The van der Waals surface area contributed by atoms with Gasteiger partial charge in [0, 0.05) is 25.8 Å². The fourth-order valence-electron chi connectivity index (χ4n) is 3.91. The molecular weight excluding hydrogens is 307 g/mol. The van der Waals surface area contributed by atoms with Gasteiger partial charge in [0.2, 0.25) is 5.95 Å². The van der Waals surface area contributed by atoms with Crippen LogP contribution in [-0.2, 0) is 12.8 Å². The first-order chi connectivity index (χ1) is 11.6. The minimum absolute atomic E-state index is 0.285. The van der Waals surface area contributed by atoms with Crippen molar-refractivity contribution in [3.8, 4) is 0 Å². The van der Waals surface area contributed by atoms with Gasteiger partial charge in [-0.15, -0.1) is 0 Å². The zero-order valence-corrected chi connectivity index (χ0v) is 14.4. The number of hydrogen-bond donors (Lipinski definition) is 2. The number of nitrogens with one attached hydrogen (secondary N) is 2. The van der Waals surface area contributed by atoms with Crippen LogP contribution in [0.5, 0.6) is 0 Å². The molecule has 2 N–H and O–H groups in total. The summed E-state index contributed by atoms with van der Waals surface area (Å²) < 4.78 is 14.1. The maximum atomic E-state index is 14.1. The number of hydrogen-bond acceptors (Lipinski definition) is 6. The van der Waals surface area contributed by atoms with Gasteiger partial charge in [-0.25, -0.2) is 9.37 Å². The van der Waals surface area contributed by atoms with E-state index in [1.165, 1.54) is 11.1 Å². The predicted molar refractivity (Wildman–Crippen MR) is 93.4 cm³/mol. The minimum Gasteiger partial charge on any atom is -0.372 e. The molecule has 1 saturated heterocycles. The van der Waals surface area contributed by atoms with E-state index in [0.717, 1.165) is 36.2 Å². The van der Waals surface area contributed by atoms with Crippen LogP contribution < -0.4 is 10.6 Å². The van der Waals surface area contributed by atoms with Gasteiger partial charge in [0.05, 0.1) is 11.4 Å². The largest absolute Gasteiger partial charge is 0.372 e. The van der Waals surface area contributed by atoms with E-state index in [-0.39, 0.29) is 6.04 Å². The summed E-state index contributed by atoms with van der Waals surface area (Å²) in [6, 6.07) is -0.285. The van der Waals surface area contributed by atoms with Gasteiger partial charge in [-0.1, -0.05) is 0 Å². The number of halogens is 1. The average molecular weight is 330 g/mol. The van der Waals surface area contributed by atoms with Gasteiger partial charge in [-0.05, 0) is 44.4 Å². The number of fused-ring (bicyclic) bond motifs is 2. The number of alkyl halides is 1. The molecule has 7 heteroatoms. The highest BCUT2D eigenvalue weighted by Crippen LogP contribution is 2.32. The second-order valence-electron chi connectivity index (χ2n) is 6.85. The Balaban J connectivity index is 1.77. The summed E-state index contributed by atoms with van der Waals surface area (Å²) in [6.45, 7) is 3.21. The first-order valence-electron chi connectivity index (χ1n) is 8.54. The lowest BCUT2D eigenvalue weighted by molar-refractivity contribution is 0.314. The van der Waals surface area contributed by atoms with Crippen LogP contribution >= 0.6 is 0 Å². The van der Waals surface area contributed by atoms with Crippen molar-refractivity contribution in [2.45, 2.75) is 38.4 Å². The molecule has 0 spiro atoms. The Hall–Kier alpha value is -2.02. The van der Waals surface area contributed by atoms with E-state index in [1.54, 1.807) is 0 Å². The van der Waals surface area contributed by atoms with E-state index in [2.05, 4.69) is 27.5 Å². The van der Waals surface area contributed by atoms with Crippen molar-refractivity contribution in [2.75, 3.05) is 37.8 Å². The molecule has 2 aliphatic rings. The van der Waals surface area contributed by atoms with Crippen LogP contribution in [0, 0.1) is 6.92 Å². The van der Waals surface area contributed by atoms with Crippen LogP contribution in [0.4, 0.5) is 16.2 Å². The van der Waals surface area contributed by atoms with Crippen molar-refractivity contribution in [2.24, 2.45) is 0 Å². The van der Waals surface area contributed by atoms with E-state index in [1.807, 2.05) is 19.0 Å². The number of aromatic nitrogens is 3. The van der Waals surface area contributed by atoms with Crippen LogP contribution in [0.1, 0.15) is 23.2 Å². The molecule has 128 valence electrons. The maximum Gasteiger partial charge on any atom is 0.227 e. The summed E-state index contributed by atoms with van der Waals surface area (Å²) in [6.07, 6.45) is 2.31. The molecule has 1 aliphatic carbocycles. The number of nitrogens with zero attached hydrogens (tertiary/aromatic N) is 4. The van der Waals surface area contributed by atoms with Gasteiger partial charge in [-0.3, -0.25) is 0 Å². The fourth-order valence-corrected chi connectivity index (χ4v) is 3.91. The highest BCUT2D eigenvalue weighted by atomic mass is 19.1. The number of likely N-dealkylation sites (tertiary alicyclic amines) is 1. The summed E-state index contributed by atoms with van der Waals surface area (Å²) in [5, 5.41) is 7.28. The molecule has 3 heterocycles. The van der Waals surface area contributed by atoms with E-state index in [0.29, 0.717) is 24.7 Å². The highest BCUT2D eigenvalue weighted by molar-refractivity contribution is 5.91. The summed E-state index contributed by atoms with van der Waals surface area (Å²) in [5.74, 6) is 1.20. The van der Waals surface area contributed by atoms with Crippen LogP contribution in [0.3, 0.4) is 0 Å². The Morgan fingerprint density at radius 2 is 2.00 bits per heavy atom. The van der Waals surface area contributed by atoms with Crippen LogP contribution in [-0.4, -0.2) is 59.3 Å². The van der Waals surface area contributed by atoms with E-state index in [4.69, 9.17) is 4.98 Å². The summed E-state index contributed by atoms with van der Waals surface area (Å²) in [5.41, 5.74) is 4.39. The van der Waals surface area contributed by atoms with Crippen molar-refractivity contribution < 1.29 is 4.39 Å². The van der Waals surface area contributed by atoms with Crippen molar-refractivity contribution in [3.63, 3.8) is 0 Å². The molecule has 0 amide bonds. The summed E-state index contributed by atoms with van der Waals surface area (Å²) in [7, 11) is 3.77. The first-order valence-corrected chi connectivity index (χ1v) is 8.54. The molecule has 2 unspecified atom stereocenters. The quantitative estimate of drug-likeness (QED) is 0.896. The van der Waals surface area contributed by atoms with E-state index in [9.17, 15) is 4.39 Å². The number of aryl methyl sites for hydroxylation is 2. The second-order valence-corrected chi connectivity index (χ2v) is 6.85. The molecular formula is C17H23FN6. The monoisotopic (exact) mass is 330 g/mol. The molecule has 24 heavy (non-hydrogen) atoms. The Bertz CT molecular complexity index is 792. The Morgan fingerprint density at radius 1 is 1.17 bits per heavy atom. The third kappa shape index (κ3) is 2.47. The molecule has 2 aromatic heterocycles. The van der Waals surface area contributed by atoms with Crippen LogP contribution in [0.25, 0.3) is 11.0 Å². The second kappa shape index (κ2) is 5.81. The molecule has 2 atom stereocenters. The highest BCUT2D eigenvalue weighted by Gasteiger charge is 2.31. The third-order valence-electron chi connectivity index (χ3n) is 5.13. The molecule has 0 saturated carbocycles. The van der Waals surface area contributed by atoms with E-state index >= 15 is 0 Å². The lowest BCUT2D eigenvalue weighted by Gasteiger charge is -2.17. The number of pyridine rings is 1. The number of anilines is 2. The van der Waals surface area contributed by atoms with Gasteiger partial charge < -0.3 is 15.5 Å². The molecule has 0 radical (unpaired) electrons. The molecule has 1 aliphatic heterocycles. The number of rotatable bonds is 3. The lowest BCUT2D eigenvalue weighted by Crippen LogP contribution is -2.30. The van der Waals surface area contributed by atoms with Crippen molar-refractivity contribution in [1.82, 2.24) is 19.9 Å². The molecule has 1 fully saturated rings. The third-order valence-corrected chi connectivity index (χ3v) is 5.13. The van der Waals surface area contributed by atoms with Gasteiger partial charge in [0.15, 0.2) is 5.65 Å². The van der Waals surface area contributed by atoms with E-state index < -0.39 is 6.17 Å². The SMILES string of the molecule is CNc1nc(NC2CN(C)CC2F)nc2nc3c(c(C)c12)CCC3. The number of likely N-dealkylation sites (N-methyl/N-ethyl adjacent to an activating group) is 1. The average Bonchev–Trinajstić information content (AvgIpc) is 3.13. The van der Waals surface area contributed by atoms with Gasteiger partial charge in [-0.2, -0.15) is 9.97 Å². The zero-order chi connectivity index (χ0) is 16.8. The Labute approximate surface area is 140 Å². The smallest absolute Gasteiger partial charge is 0.227 e. The molecule has 0 bridgehead atoms. The van der Waals surface area contributed by atoms with Crippen LogP contribution in [0.2, 0.25) is 0 Å². The fraction of sp³-hybridized carbons (Fsp3) is 0.588. The van der Waals surface area contributed by atoms with Gasteiger partial charge >= 0.3 is 0 Å².